The van der Waals surface area contributed by atoms with Crippen LogP contribution >= 0.6 is 0 Å². The molecule has 0 unspecified atom stereocenters. The summed E-state index contributed by atoms with van der Waals surface area (Å²) in [5, 5.41) is 10.4. The maximum atomic E-state index is 10.4. The van der Waals surface area contributed by atoms with Gasteiger partial charge in [-0.25, -0.2) is 0 Å². The second-order valence-electron chi connectivity index (χ2n) is 4.54. The summed E-state index contributed by atoms with van der Waals surface area (Å²) in [6.45, 7) is 1.87. The Balaban J connectivity index is 2.07. The molecule has 1 aliphatic heterocycles. The fourth-order valence-electron chi connectivity index (χ4n) is 2.17. The molecule has 0 radical (unpaired) electrons. The number of rotatable bonds is 3. The van der Waals surface area contributed by atoms with Crippen molar-refractivity contribution >= 4 is 0 Å². The third kappa shape index (κ3) is 2.82. The molecule has 0 bridgehead atoms. The van der Waals surface area contributed by atoms with Gasteiger partial charge in [-0.05, 0) is 24.0 Å². The average molecular weight is 221 g/mol. The van der Waals surface area contributed by atoms with Crippen LogP contribution in [0.3, 0.4) is 0 Å². The lowest BCUT2D eigenvalue weighted by Crippen LogP contribution is -2.38. The molecule has 1 heterocycles. The van der Waals surface area contributed by atoms with Gasteiger partial charge in [-0.2, -0.15) is 0 Å². The van der Waals surface area contributed by atoms with Gasteiger partial charge < -0.3 is 15.6 Å². The highest BCUT2D eigenvalue weighted by molar-refractivity contribution is 5.24. The molecule has 1 aliphatic rings. The van der Waals surface area contributed by atoms with E-state index in [1.807, 2.05) is 18.2 Å². The number of hydrogen-bond acceptors (Lipinski definition) is 3. The van der Waals surface area contributed by atoms with Gasteiger partial charge in [0.1, 0.15) is 0 Å². The molecule has 88 valence electrons. The molecule has 0 atom stereocenters. The van der Waals surface area contributed by atoms with Crippen molar-refractivity contribution in [2.75, 3.05) is 13.2 Å². The van der Waals surface area contributed by atoms with Crippen molar-refractivity contribution in [3.05, 3.63) is 35.4 Å². The van der Waals surface area contributed by atoms with Crippen LogP contribution in [0.15, 0.2) is 24.3 Å². The first-order valence-corrected chi connectivity index (χ1v) is 5.80. The Morgan fingerprint density at radius 2 is 1.94 bits per heavy atom. The minimum absolute atomic E-state index is 0.551. The first-order chi connectivity index (χ1) is 7.72. The standard InChI is InChI=1S/C13H19NO2/c14-10-12-3-1-2-11(8-12)9-13(15)4-6-16-7-5-13/h1-3,8,15H,4-7,9-10,14H2. The molecule has 3 heteroatoms. The van der Waals surface area contributed by atoms with Gasteiger partial charge in [0.2, 0.25) is 0 Å². The van der Waals surface area contributed by atoms with Gasteiger partial charge in [-0.3, -0.25) is 0 Å². The van der Waals surface area contributed by atoms with Crippen LogP contribution in [0.2, 0.25) is 0 Å². The maximum absolute atomic E-state index is 10.4. The van der Waals surface area contributed by atoms with Gasteiger partial charge in [0.15, 0.2) is 0 Å². The molecule has 0 aliphatic carbocycles. The van der Waals surface area contributed by atoms with Crippen LogP contribution in [0.1, 0.15) is 24.0 Å². The van der Waals surface area contributed by atoms with Crippen molar-refractivity contribution in [3.63, 3.8) is 0 Å². The molecular formula is C13H19NO2. The van der Waals surface area contributed by atoms with E-state index in [1.165, 1.54) is 0 Å². The van der Waals surface area contributed by atoms with Gasteiger partial charge in [0.05, 0.1) is 5.60 Å². The highest BCUT2D eigenvalue weighted by Crippen LogP contribution is 2.25. The maximum Gasteiger partial charge on any atom is 0.0731 e. The summed E-state index contributed by atoms with van der Waals surface area (Å²) in [5.41, 5.74) is 7.29. The predicted molar refractivity (Wildman–Crippen MR) is 63.0 cm³/mol. The minimum Gasteiger partial charge on any atom is -0.389 e. The second-order valence-corrected chi connectivity index (χ2v) is 4.54. The number of aliphatic hydroxyl groups is 1. The van der Waals surface area contributed by atoms with Crippen molar-refractivity contribution in [2.24, 2.45) is 5.73 Å². The van der Waals surface area contributed by atoms with Crippen LogP contribution in [-0.4, -0.2) is 23.9 Å². The van der Waals surface area contributed by atoms with E-state index in [1.54, 1.807) is 0 Å². The first-order valence-electron chi connectivity index (χ1n) is 5.80. The van der Waals surface area contributed by atoms with E-state index in [9.17, 15) is 5.11 Å². The lowest BCUT2D eigenvalue weighted by Gasteiger charge is -2.32. The predicted octanol–water partition coefficient (Wildman–Crippen LogP) is 1.23. The zero-order chi connectivity index (χ0) is 11.4. The number of ether oxygens (including phenoxy) is 1. The summed E-state index contributed by atoms with van der Waals surface area (Å²) in [4.78, 5) is 0. The van der Waals surface area contributed by atoms with Crippen LogP contribution in [0, 0.1) is 0 Å². The molecule has 3 nitrogen and oxygen atoms in total. The largest absolute Gasteiger partial charge is 0.389 e. The van der Waals surface area contributed by atoms with Crippen LogP contribution in [0.25, 0.3) is 0 Å². The van der Waals surface area contributed by atoms with E-state index in [0.29, 0.717) is 26.2 Å². The van der Waals surface area contributed by atoms with Crippen LogP contribution in [0.5, 0.6) is 0 Å². The van der Waals surface area contributed by atoms with E-state index < -0.39 is 5.60 Å². The molecule has 1 fully saturated rings. The Kier molecular flexibility index (Phi) is 3.59. The molecule has 0 saturated carbocycles. The van der Waals surface area contributed by atoms with Crippen molar-refractivity contribution in [3.8, 4) is 0 Å². The summed E-state index contributed by atoms with van der Waals surface area (Å²) in [6.07, 6.45) is 2.14. The Bertz CT molecular complexity index is 346. The van der Waals surface area contributed by atoms with Crippen molar-refractivity contribution < 1.29 is 9.84 Å². The van der Waals surface area contributed by atoms with Crippen molar-refractivity contribution in [2.45, 2.75) is 31.4 Å². The normalized spacial score (nSPS) is 19.6. The van der Waals surface area contributed by atoms with E-state index in [-0.39, 0.29) is 0 Å². The molecule has 1 saturated heterocycles. The first kappa shape index (κ1) is 11.6. The molecule has 16 heavy (non-hydrogen) atoms. The molecule has 0 amide bonds. The lowest BCUT2D eigenvalue weighted by molar-refractivity contribution is -0.0625. The second kappa shape index (κ2) is 4.95. The fraction of sp³-hybridized carbons (Fsp3) is 0.538. The van der Waals surface area contributed by atoms with Gasteiger partial charge >= 0.3 is 0 Å². The molecule has 3 N–H and O–H groups in total. The summed E-state index contributed by atoms with van der Waals surface area (Å²) >= 11 is 0. The van der Waals surface area contributed by atoms with Gasteiger partial charge in [-0.15, -0.1) is 0 Å². The fourth-order valence-corrected chi connectivity index (χ4v) is 2.17. The summed E-state index contributed by atoms with van der Waals surface area (Å²) in [5.74, 6) is 0. The number of hydrogen-bond donors (Lipinski definition) is 2. The lowest BCUT2D eigenvalue weighted by atomic mass is 9.87. The third-order valence-electron chi connectivity index (χ3n) is 3.18. The highest BCUT2D eigenvalue weighted by Gasteiger charge is 2.29. The van der Waals surface area contributed by atoms with E-state index >= 15 is 0 Å². The van der Waals surface area contributed by atoms with Gasteiger partial charge in [0, 0.05) is 26.2 Å². The SMILES string of the molecule is NCc1cccc(CC2(O)CCOCC2)c1. The third-order valence-corrected chi connectivity index (χ3v) is 3.18. The molecule has 0 spiro atoms. The molecule has 1 aromatic carbocycles. The van der Waals surface area contributed by atoms with E-state index in [4.69, 9.17) is 10.5 Å². The van der Waals surface area contributed by atoms with Crippen molar-refractivity contribution in [1.29, 1.82) is 0 Å². The molecule has 1 aromatic rings. The quantitative estimate of drug-likeness (QED) is 0.807. The van der Waals surface area contributed by atoms with E-state index in [2.05, 4.69) is 6.07 Å². The Morgan fingerprint density at radius 1 is 1.25 bits per heavy atom. The van der Waals surface area contributed by atoms with Crippen molar-refractivity contribution in [1.82, 2.24) is 0 Å². The smallest absolute Gasteiger partial charge is 0.0731 e. The number of nitrogens with two attached hydrogens (primary N) is 1. The monoisotopic (exact) mass is 221 g/mol. The topological polar surface area (TPSA) is 55.5 Å². The summed E-state index contributed by atoms with van der Waals surface area (Å²) in [7, 11) is 0. The van der Waals surface area contributed by atoms with Crippen LogP contribution in [0.4, 0.5) is 0 Å². The Hall–Kier alpha value is -0.900. The highest BCUT2D eigenvalue weighted by atomic mass is 16.5. The average Bonchev–Trinajstić information content (AvgIpc) is 2.29. The zero-order valence-electron chi connectivity index (χ0n) is 9.48. The summed E-state index contributed by atoms with van der Waals surface area (Å²) < 4.78 is 5.27. The van der Waals surface area contributed by atoms with E-state index in [0.717, 1.165) is 24.0 Å². The van der Waals surface area contributed by atoms with Crippen LogP contribution in [-0.2, 0) is 17.7 Å². The number of benzene rings is 1. The molecule has 0 aromatic heterocycles. The van der Waals surface area contributed by atoms with Gasteiger partial charge in [-0.1, -0.05) is 24.3 Å². The molecular weight excluding hydrogens is 202 g/mol. The Morgan fingerprint density at radius 3 is 2.62 bits per heavy atom. The zero-order valence-corrected chi connectivity index (χ0v) is 9.48. The summed E-state index contributed by atoms with van der Waals surface area (Å²) in [6, 6.07) is 8.14. The Labute approximate surface area is 96.2 Å². The molecule has 2 rings (SSSR count). The van der Waals surface area contributed by atoms with Crippen LogP contribution < -0.4 is 5.73 Å². The minimum atomic E-state index is -0.592. The van der Waals surface area contributed by atoms with Gasteiger partial charge in [0.25, 0.3) is 0 Å².